The number of aryl methyl sites for hydroxylation is 2. The van der Waals surface area contributed by atoms with E-state index in [1.807, 2.05) is 18.2 Å². The number of pyridine rings is 1. The van der Waals surface area contributed by atoms with Gasteiger partial charge >= 0.3 is 12.4 Å². The number of rotatable bonds is 7. The predicted molar refractivity (Wildman–Crippen MR) is 137 cm³/mol. The third kappa shape index (κ3) is 7.32. The lowest BCUT2D eigenvalue weighted by atomic mass is 9.98. The highest BCUT2D eigenvalue weighted by atomic mass is 19.4. The van der Waals surface area contributed by atoms with Crippen LogP contribution in [0.5, 0.6) is 5.75 Å². The van der Waals surface area contributed by atoms with E-state index in [2.05, 4.69) is 9.88 Å². The molecule has 0 bridgehead atoms. The van der Waals surface area contributed by atoms with Crippen LogP contribution in [-0.2, 0) is 25.2 Å². The molecule has 0 spiro atoms. The van der Waals surface area contributed by atoms with Crippen LogP contribution in [0.15, 0.2) is 60.8 Å². The van der Waals surface area contributed by atoms with Crippen LogP contribution in [0.2, 0.25) is 0 Å². The number of alkyl halides is 6. The fourth-order valence-corrected chi connectivity index (χ4v) is 4.89. The number of phenols is 1. The van der Waals surface area contributed by atoms with Gasteiger partial charge in [0, 0.05) is 43.1 Å². The molecule has 0 radical (unpaired) electrons. The van der Waals surface area contributed by atoms with Crippen molar-refractivity contribution in [3.05, 3.63) is 94.3 Å². The van der Waals surface area contributed by atoms with Crippen LogP contribution in [0.4, 0.5) is 26.3 Å². The van der Waals surface area contributed by atoms with Gasteiger partial charge in [0.05, 0.1) is 11.1 Å². The number of nitrogens with zero attached hydrogens (tertiary/aromatic N) is 3. The molecule has 1 fully saturated rings. The highest BCUT2D eigenvalue weighted by molar-refractivity contribution is 5.95. The van der Waals surface area contributed by atoms with Gasteiger partial charge in [0.25, 0.3) is 5.91 Å². The number of carbonyl (C=O) groups is 1. The minimum Gasteiger partial charge on any atom is -0.508 e. The molecule has 1 atom stereocenters. The van der Waals surface area contributed by atoms with Gasteiger partial charge in [0.2, 0.25) is 0 Å². The molecule has 3 aromatic rings. The molecular weight excluding hydrogens is 536 g/mol. The van der Waals surface area contributed by atoms with Crippen molar-refractivity contribution in [2.24, 2.45) is 0 Å². The van der Waals surface area contributed by atoms with Gasteiger partial charge in [-0.15, -0.1) is 0 Å². The van der Waals surface area contributed by atoms with Crippen molar-refractivity contribution >= 4 is 5.91 Å². The highest BCUT2D eigenvalue weighted by Crippen LogP contribution is 2.37. The second kappa shape index (κ2) is 11.9. The Balaban J connectivity index is 1.59. The van der Waals surface area contributed by atoms with Gasteiger partial charge in [-0.2, -0.15) is 26.3 Å². The molecule has 4 rings (SSSR count). The van der Waals surface area contributed by atoms with E-state index >= 15 is 0 Å². The van der Waals surface area contributed by atoms with Gasteiger partial charge in [0.1, 0.15) is 5.75 Å². The lowest BCUT2D eigenvalue weighted by molar-refractivity contribution is -0.143. The Bertz CT molecular complexity index is 1300. The Morgan fingerprint density at radius 3 is 2.27 bits per heavy atom. The Labute approximate surface area is 228 Å². The molecule has 2 aromatic carbocycles. The monoisotopic (exact) mass is 565 g/mol. The van der Waals surface area contributed by atoms with E-state index in [0.29, 0.717) is 42.9 Å². The zero-order chi connectivity index (χ0) is 29.1. The molecule has 1 amide bonds. The number of hydrogen-bond donors (Lipinski definition) is 1. The van der Waals surface area contributed by atoms with Gasteiger partial charge in [-0.25, -0.2) is 0 Å². The lowest BCUT2D eigenvalue weighted by Crippen LogP contribution is -2.56. The average molecular weight is 566 g/mol. The topological polar surface area (TPSA) is 56.7 Å². The van der Waals surface area contributed by atoms with Crippen molar-refractivity contribution < 1.29 is 36.2 Å². The Morgan fingerprint density at radius 2 is 1.68 bits per heavy atom. The first-order chi connectivity index (χ1) is 18.8. The molecule has 0 aliphatic carbocycles. The van der Waals surface area contributed by atoms with E-state index in [-0.39, 0.29) is 24.8 Å². The number of phenolic OH excluding ortho intramolecular Hbond substituents is 1. The van der Waals surface area contributed by atoms with Gasteiger partial charge < -0.3 is 10.0 Å². The van der Waals surface area contributed by atoms with Crippen molar-refractivity contribution in [3.63, 3.8) is 0 Å². The summed E-state index contributed by atoms with van der Waals surface area (Å²) in [7, 11) is 0. The number of hydrogen-bond acceptors (Lipinski definition) is 4. The fourth-order valence-electron chi connectivity index (χ4n) is 4.89. The number of carbonyl (C=O) groups excluding carboxylic acids is 1. The maximum atomic E-state index is 13.5. The molecule has 5 nitrogen and oxygen atoms in total. The smallest absolute Gasteiger partial charge is 0.416 e. The number of halogens is 6. The minimum absolute atomic E-state index is 0.0167. The molecular formula is C29H29F6N3O2. The fraction of sp³-hybridized carbons (Fsp3) is 0.379. The van der Waals surface area contributed by atoms with Crippen molar-refractivity contribution in [1.82, 2.24) is 14.8 Å². The number of aromatic hydroxyl groups is 1. The van der Waals surface area contributed by atoms with Crippen molar-refractivity contribution in [3.8, 4) is 5.75 Å². The van der Waals surface area contributed by atoms with Crippen LogP contribution >= 0.6 is 0 Å². The summed E-state index contributed by atoms with van der Waals surface area (Å²) in [6.45, 7) is 3.31. The van der Waals surface area contributed by atoms with Crippen molar-refractivity contribution in [2.45, 2.75) is 44.6 Å². The summed E-state index contributed by atoms with van der Waals surface area (Å²) in [6, 6.07) is 11.1. The molecule has 1 aromatic heterocycles. The molecule has 1 aliphatic rings. The first kappa shape index (κ1) is 29.4. The number of aromatic nitrogens is 1. The van der Waals surface area contributed by atoms with E-state index in [1.54, 1.807) is 31.3 Å². The Kier molecular flexibility index (Phi) is 8.72. The zero-order valence-electron chi connectivity index (χ0n) is 21.8. The van der Waals surface area contributed by atoms with Crippen LogP contribution in [0.25, 0.3) is 0 Å². The maximum absolute atomic E-state index is 13.5. The van der Waals surface area contributed by atoms with Gasteiger partial charge in [-0.3, -0.25) is 14.7 Å². The third-order valence-corrected chi connectivity index (χ3v) is 7.04. The maximum Gasteiger partial charge on any atom is 0.416 e. The second-order valence-corrected chi connectivity index (χ2v) is 10.00. The number of benzene rings is 2. The van der Waals surface area contributed by atoms with Crippen LogP contribution < -0.4 is 0 Å². The summed E-state index contributed by atoms with van der Waals surface area (Å²) in [5.74, 6) is -0.836. The Morgan fingerprint density at radius 1 is 0.975 bits per heavy atom. The van der Waals surface area contributed by atoms with E-state index in [9.17, 15) is 36.2 Å². The van der Waals surface area contributed by atoms with Crippen LogP contribution in [0.3, 0.4) is 0 Å². The lowest BCUT2D eigenvalue weighted by Gasteiger charge is -2.42. The normalized spacial score (nSPS) is 16.8. The van der Waals surface area contributed by atoms with E-state index in [1.165, 1.54) is 4.90 Å². The summed E-state index contributed by atoms with van der Waals surface area (Å²) in [4.78, 5) is 21.3. The van der Waals surface area contributed by atoms with E-state index < -0.39 is 41.0 Å². The van der Waals surface area contributed by atoms with Crippen LogP contribution in [0, 0.1) is 6.92 Å². The first-order valence-corrected chi connectivity index (χ1v) is 12.8. The summed E-state index contributed by atoms with van der Waals surface area (Å²) < 4.78 is 80.6. The molecule has 1 N–H and O–H groups in total. The Hall–Kier alpha value is -3.60. The highest BCUT2D eigenvalue weighted by Gasteiger charge is 2.39. The molecule has 1 saturated heterocycles. The van der Waals surface area contributed by atoms with E-state index in [4.69, 9.17) is 0 Å². The standard InChI is InChI=1S/C29H29F6N3O2/c1-19-7-8-20(14-26(19)39)13-25-18-37(10-4-6-24-5-2-3-9-36-24)11-12-38(25)27(40)21-15-22(28(30,31)32)17-23(16-21)29(33,34)35/h2-3,5,7-9,14-17,25,39H,4,6,10-13,18H2,1H3. The second-order valence-electron chi connectivity index (χ2n) is 10.00. The molecule has 214 valence electrons. The molecule has 0 saturated carbocycles. The van der Waals surface area contributed by atoms with Crippen LogP contribution in [-0.4, -0.2) is 58.0 Å². The van der Waals surface area contributed by atoms with Gasteiger partial charge in [0.15, 0.2) is 0 Å². The molecule has 2 heterocycles. The third-order valence-electron chi connectivity index (χ3n) is 7.04. The number of amides is 1. The predicted octanol–water partition coefficient (Wildman–Crippen LogP) is 6.14. The van der Waals surface area contributed by atoms with Gasteiger partial charge in [-0.05, 0) is 80.3 Å². The summed E-state index contributed by atoms with van der Waals surface area (Å²) in [6.07, 6.45) is -6.61. The molecule has 40 heavy (non-hydrogen) atoms. The zero-order valence-corrected chi connectivity index (χ0v) is 21.8. The minimum atomic E-state index is -5.05. The molecule has 1 aliphatic heterocycles. The number of piperazine rings is 1. The molecule has 11 heteroatoms. The summed E-state index contributed by atoms with van der Waals surface area (Å²) in [5.41, 5.74) is -1.44. The first-order valence-electron chi connectivity index (χ1n) is 12.8. The molecule has 1 unspecified atom stereocenters. The SMILES string of the molecule is Cc1ccc(CC2CN(CCCc3ccccn3)CCN2C(=O)c2cc(C(F)(F)F)cc(C(F)(F)F)c2)cc1O. The van der Waals surface area contributed by atoms with Crippen LogP contribution in [0.1, 0.15) is 44.7 Å². The average Bonchev–Trinajstić information content (AvgIpc) is 2.90. The quantitative estimate of drug-likeness (QED) is 0.350. The van der Waals surface area contributed by atoms with Crippen molar-refractivity contribution in [2.75, 3.05) is 26.2 Å². The van der Waals surface area contributed by atoms with E-state index in [0.717, 1.165) is 18.5 Å². The summed E-state index contributed by atoms with van der Waals surface area (Å²) >= 11 is 0. The largest absolute Gasteiger partial charge is 0.508 e. The van der Waals surface area contributed by atoms with Crippen molar-refractivity contribution in [1.29, 1.82) is 0 Å². The van der Waals surface area contributed by atoms with Gasteiger partial charge in [-0.1, -0.05) is 18.2 Å². The summed E-state index contributed by atoms with van der Waals surface area (Å²) in [5, 5.41) is 10.2.